The number of methoxy groups -OCH3 is 1. The monoisotopic (exact) mass is 221 g/mol. The molecular formula is C12H15NO3. The minimum atomic E-state index is -0.463. The van der Waals surface area contributed by atoms with E-state index in [1.807, 2.05) is 6.92 Å². The minimum Gasteiger partial charge on any atom is -0.497 e. The molecule has 4 nitrogen and oxygen atoms in total. The van der Waals surface area contributed by atoms with E-state index < -0.39 is 5.97 Å². The van der Waals surface area contributed by atoms with E-state index in [0.29, 0.717) is 11.3 Å². The molecule has 0 radical (unpaired) electrons. The third-order valence-electron chi connectivity index (χ3n) is 2.12. The highest BCUT2D eigenvalue weighted by atomic mass is 16.7. The van der Waals surface area contributed by atoms with Crippen LogP contribution in [0.2, 0.25) is 0 Å². The molecule has 16 heavy (non-hydrogen) atoms. The van der Waals surface area contributed by atoms with Gasteiger partial charge in [0.05, 0.1) is 18.4 Å². The van der Waals surface area contributed by atoms with Crippen molar-refractivity contribution in [2.75, 3.05) is 7.11 Å². The summed E-state index contributed by atoms with van der Waals surface area (Å²) in [6, 6.07) is 6.68. The topological polar surface area (TPSA) is 47.9 Å². The fraction of sp³-hybridized carbons (Fsp3) is 0.333. The van der Waals surface area contributed by atoms with Crippen molar-refractivity contribution in [1.29, 1.82) is 0 Å². The van der Waals surface area contributed by atoms with Gasteiger partial charge in [-0.2, -0.15) is 0 Å². The van der Waals surface area contributed by atoms with Crippen LogP contribution in [0.4, 0.5) is 0 Å². The summed E-state index contributed by atoms with van der Waals surface area (Å²) in [7, 11) is 1.57. The first-order valence-electron chi connectivity index (χ1n) is 5.06. The third-order valence-corrected chi connectivity index (χ3v) is 2.12. The first-order chi connectivity index (χ1) is 7.67. The number of carbonyl (C=O) groups excluding carboxylic acids is 1. The van der Waals surface area contributed by atoms with E-state index in [2.05, 4.69) is 5.16 Å². The van der Waals surface area contributed by atoms with Crippen molar-refractivity contribution in [1.82, 2.24) is 0 Å². The number of hydrogen-bond donors (Lipinski definition) is 0. The van der Waals surface area contributed by atoms with E-state index >= 15 is 0 Å². The summed E-state index contributed by atoms with van der Waals surface area (Å²) in [5, 5.41) is 3.70. The Morgan fingerprint density at radius 2 is 1.94 bits per heavy atom. The van der Waals surface area contributed by atoms with E-state index in [4.69, 9.17) is 9.57 Å². The molecule has 86 valence electrons. The molecule has 0 aliphatic rings. The second kappa shape index (κ2) is 5.90. The smallest absolute Gasteiger partial charge is 0.365 e. The zero-order valence-electron chi connectivity index (χ0n) is 9.69. The Hall–Kier alpha value is -1.84. The molecule has 1 aromatic carbocycles. The van der Waals surface area contributed by atoms with Crippen molar-refractivity contribution in [3.8, 4) is 5.75 Å². The van der Waals surface area contributed by atoms with E-state index in [1.54, 1.807) is 38.3 Å². The second-order valence-corrected chi connectivity index (χ2v) is 3.29. The Balaban J connectivity index is 2.66. The van der Waals surface area contributed by atoms with Crippen LogP contribution in [0.1, 0.15) is 30.6 Å². The molecule has 0 heterocycles. The van der Waals surface area contributed by atoms with Crippen molar-refractivity contribution in [3.05, 3.63) is 29.8 Å². The Morgan fingerprint density at radius 3 is 2.44 bits per heavy atom. The molecule has 0 N–H and O–H groups in total. The molecule has 0 unspecified atom stereocenters. The number of ether oxygens (including phenoxy) is 1. The average molecular weight is 221 g/mol. The lowest BCUT2D eigenvalue weighted by Gasteiger charge is -2.01. The summed E-state index contributed by atoms with van der Waals surface area (Å²) in [5.74, 6) is 0.236. The van der Waals surface area contributed by atoms with E-state index in [9.17, 15) is 4.79 Å². The Bertz CT molecular complexity index is 382. The predicted molar refractivity (Wildman–Crippen MR) is 61.8 cm³/mol. The van der Waals surface area contributed by atoms with Gasteiger partial charge in [-0.3, -0.25) is 0 Å². The molecule has 0 aliphatic heterocycles. The molecule has 0 saturated heterocycles. The first-order valence-corrected chi connectivity index (χ1v) is 5.06. The maximum atomic E-state index is 11.5. The Morgan fingerprint density at radius 1 is 1.31 bits per heavy atom. The van der Waals surface area contributed by atoms with Crippen LogP contribution in [-0.4, -0.2) is 18.8 Å². The maximum Gasteiger partial charge on any atom is 0.365 e. The third kappa shape index (κ3) is 3.38. The van der Waals surface area contributed by atoms with E-state index in [1.165, 1.54) is 0 Å². The molecule has 1 rings (SSSR count). The molecule has 4 heteroatoms. The van der Waals surface area contributed by atoms with Gasteiger partial charge < -0.3 is 9.57 Å². The van der Waals surface area contributed by atoms with Gasteiger partial charge in [0.2, 0.25) is 0 Å². The van der Waals surface area contributed by atoms with Crippen LogP contribution in [0.25, 0.3) is 0 Å². The van der Waals surface area contributed by atoms with Crippen molar-refractivity contribution < 1.29 is 14.4 Å². The minimum absolute atomic E-state index is 0.452. The van der Waals surface area contributed by atoms with Gasteiger partial charge in [0.25, 0.3) is 0 Å². The SMILES string of the molecule is CCC(C)=NOC(=O)c1ccc(OC)cc1. The number of oxime groups is 1. The van der Waals surface area contributed by atoms with Crippen molar-refractivity contribution in [2.24, 2.45) is 5.16 Å². The lowest BCUT2D eigenvalue weighted by atomic mass is 10.2. The van der Waals surface area contributed by atoms with Crippen LogP contribution >= 0.6 is 0 Å². The normalized spacial score (nSPS) is 11.1. The van der Waals surface area contributed by atoms with E-state index in [0.717, 1.165) is 12.1 Å². The largest absolute Gasteiger partial charge is 0.497 e. The van der Waals surface area contributed by atoms with E-state index in [-0.39, 0.29) is 0 Å². The Labute approximate surface area is 94.9 Å². The predicted octanol–water partition coefficient (Wildman–Crippen LogP) is 2.64. The molecule has 0 spiro atoms. The quantitative estimate of drug-likeness (QED) is 0.446. The van der Waals surface area contributed by atoms with Crippen LogP contribution in [-0.2, 0) is 4.84 Å². The summed E-state index contributed by atoms with van der Waals surface area (Å²) in [5.41, 5.74) is 1.23. The highest BCUT2D eigenvalue weighted by Crippen LogP contribution is 2.12. The van der Waals surface area contributed by atoms with Gasteiger partial charge in [-0.1, -0.05) is 12.1 Å². The van der Waals surface area contributed by atoms with Gasteiger partial charge in [0.15, 0.2) is 0 Å². The summed E-state index contributed by atoms with van der Waals surface area (Å²) < 4.78 is 4.98. The lowest BCUT2D eigenvalue weighted by molar-refractivity contribution is 0.0515. The zero-order chi connectivity index (χ0) is 12.0. The fourth-order valence-corrected chi connectivity index (χ4v) is 0.964. The highest BCUT2D eigenvalue weighted by molar-refractivity contribution is 5.90. The average Bonchev–Trinajstić information content (AvgIpc) is 2.35. The number of benzene rings is 1. The van der Waals surface area contributed by atoms with Crippen LogP contribution in [0.5, 0.6) is 5.75 Å². The molecule has 0 atom stereocenters. The summed E-state index contributed by atoms with van der Waals surface area (Å²) >= 11 is 0. The first kappa shape index (κ1) is 12.2. The second-order valence-electron chi connectivity index (χ2n) is 3.29. The molecule has 0 fully saturated rings. The highest BCUT2D eigenvalue weighted by Gasteiger charge is 2.06. The molecule has 0 aliphatic carbocycles. The lowest BCUT2D eigenvalue weighted by Crippen LogP contribution is -2.02. The van der Waals surface area contributed by atoms with Gasteiger partial charge in [-0.25, -0.2) is 4.79 Å². The summed E-state index contributed by atoms with van der Waals surface area (Å²) in [6.07, 6.45) is 0.760. The van der Waals surface area contributed by atoms with Gasteiger partial charge >= 0.3 is 5.97 Å². The van der Waals surface area contributed by atoms with Crippen LogP contribution in [0.15, 0.2) is 29.4 Å². The number of carbonyl (C=O) groups is 1. The number of hydrogen-bond acceptors (Lipinski definition) is 4. The standard InChI is InChI=1S/C12H15NO3/c1-4-9(2)13-16-12(14)10-5-7-11(15-3)8-6-10/h5-8H,4H2,1-3H3. The van der Waals surface area contributed by atoms with Crippen molar-refractivity contribution in [3.63, 3.8) is 0 Å². The molecular weight excluding hydrogens is 206 g/mol. The van der Waals surface area contributed by atoms with Gasteiger partial charge in [0, 0.05) is 0 Å². The zero-order valence-corrected chi connectivity index (χ0v) is 9.69. The number of rotatable bonds is 4. The van der Waals surface area contributed by atoms with Crippen LogP contribution in [0.3, 0.4) is 0 Å². The summed E-state index contributed by atoms with van der Waals surface area (Å²) in [4.78, 5) is 16.3. The van der Waals surface area contributed by atoms with Gasteiger partial charge in [0.1, 0.15) is 5.75 Å². The molecule has 0 aromatic heterocycles. The van der Waals surface area contributed by atoms with Gasteiger partial charge in [-0.05, 0) is 37.6 Å². The van der Waals surface area contributed by atoms with Gasteiger partial charge in [-0.15, -0.1) is 0 Å². The number of nitrogens with zero attached hydrogens (tertiary/aromatic N) is 1. The van der Waals surface area contributed by atoms with Crippen molar-refractivity contribution >= 4 is 11.7 Å². The van der Waals surface area contributed by atoms with Crippen molar-refractivity contribution in [2.45, 2.75) is 20.3 Å². The molecule has 0 bridgehead atoms. The maximum absolute atomic E-state index is 11.5. The fourth-order valence-electron chi connectivity index (χ4n) is 0.964. The molecule has 1 aromatic rings. The molecule has 0 amide bonds. The van der Waals surface area contributed by atoms with Crippen LogP contribution in [0, 0.1) is 0 Å². The van der Waals surface area contributed by atoms with Crippen LogP contribution < -0.4 is 4.74 Å². The Kier molecular flexibility index (Phi) is 4.51. The molecule has 0 saturated carbocycles. The summed E-state index contributed by atoms with van der Waals surface area (Å²) in [6.45, 7) is 3.75.